The normalized spacial score (nSPS) is 13.0. The summed E-state index contributed by atoms with van der Waals surface area (Å²) in [5.74, 6) is -0.329. The third-order valence-corrected chi connectivity index (χ3v) is 7.56. The van der Waals surface area contributed by atoms with Gasteiger partial charge in [0.1, 0.15) is 6.04 Å². The van der Waals surface area contributed by atoms with Crippen LogP contribution in [0.2, 0.25) is 0 Å². The summed E-state index contributed by atoms with van der Waals surface area (Å²) in [6.45, 7) is 8.40. The van der Waals surface area contributed by atoms with Crippen LogP contribution in [0.3, 0.4) is 0 Å². The van der Waals surface area contributed by atoms with Gasteiger partial charge < -0.3 is 10.2 Å². The highest BCUT2D eigenvalue weighted by Crippen LogP contribution is 2.20. The molecular formula is C28H41N3O4S. The lowest BCUT2D eigenvalue weighted by Crippen LogP contribution is -2.50. The van der Waals surface area contributed by atoms with Crippen LogP contribution >= 0.6 is 0 Å². The number of rotatable bonds is 14. The summed E-state index contributed by atoms with van der Waals surface area (Å²) in [6, 6.07) is 16.5. The Kier molecular flexibility index (Phi) is 11.4. The molecule has 0 saturated carbocycles. The standard InChI is InChI=1S/C28H41N3O4S/c1-6-22(4)29-28(33)26(8-3)30(21-24-13-10-9-11-14-24)27(32)15-12-20-31(36(5,34)35)25-18-16-23(7-2)17-19-25/h9-11,13-14,16-19,22,26H,6-8,12,15,20-21H2,1-5H3,(H,29,33)/t22-,26-/m1/s1. The third-order valence-electron chi connectivity index (χ3n) is 6.37. The minimum atomic E-state index is -3.51. The number of carbonyl (C=O) groups excluding carboxylic acids is 2. The van der Waals surface area contributed by atoms with Gasteiger partial charge in [-0.25, -0.2) is 8.42 Å². The van der Waals surface area contributed by atoms with Crippen molar-refractivity contribution < 1.29 is 18.0 Å². The fourth-order valence-electron chi connectivity index (χ4n) is 4.04. The van der Waals surface area contributed by atoms with Gasteiger partial charge in [-0.15, -0.1) is 0 Å². The van der Waals surface area contributed by atoms with E-state index in [-0.39, 0.29) is 30.8 Å². The van der Waals surface area contributed by atoms with E-state index >= 15 is 0 Å². The van der Waals surface area contributed by atoms with E-state index < -0.39 is 16.1 Å². The van der Waals surface area contributed by atoms with Crippen molar-refractivity contribution in [2.75, 3.05) is 17.1 Å². The van der Waals surface area contributed by atoms with Gasteiger partial charge in [0.15, 0.2) is 0 Å². The summed E-state index contributed by atoms with van der Waals surface area (Å²) in [5, 5.41) is 3.01. The summed E-state index contributed by atoms with van der Waals surface area (Å²) in [4.78, 5) is 28.1. The Morgan fingerprint density at radius 2 is 1.56 bits per heavy atom. The van der Waals surface area contributed by atoms with Crippen molar-refractivity contribution in [2.24, 2.45) is 0 Å². The quantitative estimate of drug-likeness (QED) is 0.401. The van der Waals surface area contributed by atoms with Crippen molar-refractivity contribution in [2.45, 2.75) is 78.4 Å². The Hall–Kier alpha value is -2.87. The van der Waals surface area contributed by atoms with Crippen molar-refractivity contribution in [1.82, 2.24) is 10.2 Å². The van der Waals surface area contributed by atoms with Crippen molar-refractivity contribution in [3.05, 3.63) is 65.7 Å². The Labute approximate surface area is 216 Å². The minimum Gasteiger partial charge on any atom is -0.352 e. The fraction of sp³-hybridized carbons (Fsp3) is 0.500. The molecule has 2 aromatic carbocycles. The molecule has 0 aromatic heterocycles. The summed E-state index contributed by atoms with van der Waals surface area (Å²) in [5.41, 5.74) is 2.65. The van der Waals surface area contributed by atoms with Crippen LogP contribution in [-0.2, 0) is 32.6 Å². The summed E-state index contributed by atoms with van der Waals surface area (Å²) < 4.78 is 26.3. The second kappa shape index (κ2) is 14.0. The Morgan fingerprint density at radius 1 is 0.917 bits per heavy atom. The van der Waals surface area contributed by atoms with Crippen molar-refractivity contribution in [1.29, 1.82) is 0 Å². The molecule has 0 aliphatic carbocycles. The maximum atomic E-state index is 13.4. The van der Waals surface area contributed by atoms with Crippen molar-refractivity contribution >= 4 is 27.5 Å². The van der Waals surface area contributed by atoms with Crippen LogP contribution in [0, 0.1) is 0 Å². The molecule has 0 aliphatic heterocycles. The highest BCUT2D eigenvalue weighted by molar-refractivity contribution is 7.92. The van der Waals surface area contributed by atoms with E-state index in [1.807, 2.05) is 70.2 Å². The molecule has 2 amide bonds. The number of aryl methyl sites for hydroxylation is 1. The van der Waals surface area contributed by atoms with Gasteiger partial charge in [-0.3, -0.25) is 13.9 Å². The second-order valence-corrected chi connectivity index (χ2v) is 11.1. The maximum absolute atomic E-state index is 13.4. The summed E-state index contributed by atoms with van der Waals surface area (Å²) in [6.07, 6.45) is 3.81. The monoisotopic (exact) mass is 515 g/mol. The minimum absolute atomic E-state index is 0.0163. The summed E-state index contributed by atoms with van der Waals surface area (Å²) >= 11 is 0. The van der Waals surface area contributed by atoms with E-state index in [4.69, 9.17) is 0 Å². The molecule has 0 unspecified atom stereocenters. The molecule has 1 N–H and O–H groups in total. The van der Waals surface area contributed by atoms with Gasteiger partial charge in [0.2, 0.25) is 21.8 Å². The van der Waals surface area contributed by atoms with Gasteiger partial charge in [-0.05, 0) is 55.9 Å². The number of carbonyl (C=O) groups is 2. The molecular weight excluding hydrogens is 474 g/mol. The number of benzene rings is 2. The van der Waals surface area contributed by atoms with Crippen LogP contribution < -0.4 is 9.62 Å². The zero-order valence-electron chi connectivity index (χ0n) is 22.2. The van der Waals surface area contributed by atoms with Crippen LogP contribution in [0.4, 0.5) is 5.69 Å². The van der Waals surface area contributed by atoms with E-state index in [0.29, 0.717) is 25.1 Å². The summed E-state index contributed by atoms with van der Waals surface area (Å²) in [7, 11) is -3.51. The van der Waals surface area contributed by atoms with Gasteiger partial charge in [0.25, 0.3) is 0 Å². The van der Waals surface area contributed by atoms with E-state index in [2.05, 4.69) is 5.32 Å². The Bertz CT molecular complexity index is 1070. The SMILES string of the molecule is CCc1ccc(N(CCCC(=O)N(Cc2ccccc2)[C@H](CC)C(=O)N[C@H](C)CC)S(C)(=O)=O)cc1. The van der Waals surface area contributed by atoms with Crippen molar-refractivity contribution in [3.8, 4) is 0 Å². The van der Waals surface area contributed by atoms with Crippen LogP contribution in [0.15, 0.2) is 54.6 Å². The smallest absolute Gasteiger partial charge is 0.243 e. The molecule has 2 rings (SSSR count). The lowest BCUT2D eigenvalue weighted by molar-refractivity contribution is -0.141. The van der Waals surface area contributed by atoms with Gasteiger partial charge in [0.05, 0.1) is 11.9 Å². The maximum Gasteiger partial charge on any atom is 0.243 e. The molecule has 7 nitrogen and oxygen atoms in total. The molecule has 0 heterocycles. The third kappa shape index (κ3) is 8.66. The zero-order chi connectivity index (χ0) is 26.7. The molecule has 0 spiro atoms. The first kappa shape index (κ1) is 29.4. The molecule has 36 heavy (non-hydrogen) atoms. The number of nitrogens with zero attached hydrogens (tertiary/aromatic N) is 2. The number of hydrogen-bond donors (Lipinski definition) is 1. The molecule has 8 heteroatoms. The molecule has 0 fully saturated rings. The van der Waals surface area contributed by atoms with Gasteiger partial charge in [-0.1, -0.05) is 63.2 Å². The highest BCUT2D eigenvalue weighted by Gasteiger charge is 2.29. The Morgan fingerprint density at radius 3 is 2.08 bits per heavy atom. The van der Waals surface area contributed by atoms with E-state index in [0.717, 1.165) is 24.0 Å². The van der Waals surface area contributed by atoms with Crippen LogP contribution in [0.1, 0.15) is 64.5 Å². The van der Waals surface area contributed by atoms with Crippen LogP contribution in [0.5, 0.6) is 0 Å². The predicted molar refractivity (Wildman–Crippen MR) is 146 cm³/mol. The van der Waals surface area contributed by atoms with Gasteiger partial charge in [0, 0.05) is 25.6 Å². The molecule has 0 radical (unpaired) electrons. The van der Waals surface area contributed by atoms with Gasteiger partial charge in [-0.2, -0.15) is 0 Å². The molecule has 0 saturated heterocycles. The van der Waals surface area contributed by atoms with Gasteiger partial charge >= 0.3 is 0 Å². The first-order valence-corrected chi connectivity index (χ1v) is 14.7. The van der Waals surface area contributed by atoms with E-state index in [1.165, 1.54) is 10.6 Å². The molecule has 0 aliphatic rings. The average molecular weight is 516 g/mol. The van der Waals surface area contributed by atoms with Crippen LogP contribution in [0.25, 0.3) is 0 Å². The largest absolute Gasteiger partial charge is 0.352 e. The number of amides is 2. The van der Waals surface area contributed by atoms with E-state index in [9.17, 15) is 18.0 Å². The van der Waals surface area contributed by atoms with Crippen LogP contribution in [-0.4, -0.2) is 50.0 Å². The first-order chi connectivity index (χ1) is 17.1. The first-order valence-electron chi connectivity index (χ1n) is 12.8. The topological polar surface area (TPSA) is 86.8 Å². The average Bonchev–Trinajstić information content (AvgIpc) is 2.86. The number of sulfonamides is 1. The second-order valence-electron chi connectivity index (χ2n) is 9.21. The van der Waals surface area contributed by atoms with E-state index in [1.54, 1.807) is 17.0 Å². The highest BCUT2D eigenvalue weighted by atomic mass is 32.2. The zero-order valence-corrected chi connectivity index (χ0v) is 23.1. The molecule has 2 aromatic rings. The lowest BCUT2D eigenvalue weighted by atomic mass is 10.1. The number of hydrogen-bond acceptors (Lipinski definition) is 4. The predicted octanol–water partition coefficient (Wildman–Crippen LogP) is 4.52. The fourth-order valence-corrected chi connectivity index (χ4v) is 5.01. The molecule has 0 bridgehead atoms. The Balaban J connectivity index is 2.18. The molecule has 198 valence electrons. The lowest BCUT2D eigenvalue weighted by Gasteiger charge is -2.32. The molecule has 2 atom stereocenters. The van der Waals surface area contributed by atoms with Crippen molar-refractivity contribution in [3.63, 3.8) is 0 Å². The number of nitrogens with one attached hydrogen (secondary N) is 1. The number of anilines is 1.